The van der Waals surface area contributed by atoms with Crippen LogP contribution in [0.4, 0.5) is 16.2 Å². The van der Waals surface area contributed by atoms with Gasteiger partial charge in [0.15, 0.2) is 11.5 Å². The first-order valence-electron chi connectivity index (χ1n) is 22.2. The summed E-state index contributed by atoms with van der Waals surface area (Å²) in [6.07, 6.45) is 6.35. The van der Waals surface area contributed by atoms with Gasteiger partial charge >= 0.3 is 12.1 Å². The fraction of sp³-hybridized carbons (Fsp3) is 0.460. The molecular formula is C50H59N3O8. The molecule has 2 heterocycles. The van der Waals surface area contributed by atoms with Crippen LogP contribution in [-0.2, 0) is 27.9 Å². The van der Waals surface area contributed by atoms with Crippen LogP contribution in [0.2, 0.25) is 0 Å². The molecule has 2 amide bonds. The molecule has 1 unspecified atom stereocenters. The second kappa shape index (κ2) is 18.4. The van der Waals surface area contributed by atoms with E-state index in [9.17, 15) is 19.5 Å². The number of unbranched alkanes of at least 4 members (excludes halogenated alkanes) is 1. The number of amides is 2. The molecule has 9 rings (SSSR count). The number of piperidine rings is 1. The molecule has 2 bridgehead atoms. The number of esters is 1. The van der Waals surface area contributed by atoms with Crippen molar-refractivity contribution < 1.29 is 38.4 Å². The van der Waals surface area contributed by atoms with Gasteiger partial charge in [0.25, 0.3) is 5.91 Å². The molecule has 4 aromatic rings. The number of hydrogen-bond donors (Lipinski definition) is 3. The number of benzene rings is 4. The first kappa shape index (κ1) is 42.5. The van der Waals surface area contributed by atoms with Crippen LogP contribution in [0.3, 0.4) is 0 Å². The van der Waals surface area contributed by atoms with Crippen molar-refractivity contribution in [3.05, 3.63) is 119 Å². The fourth-order valence-electron chi connectivity index (χ4n) is 10.5. The fourth-order valence-corrected chi connectivity index (χ4v) is 10.5. The van der Waals surface area contributed by atoms with E-state index in [0.717, 1.165) is 68.7 Å². The zero-order chi connectivity index (χ0) is 42.7. The van der Waals surface area contributed by atoms with E-state index in [0.29, 0.717) is 46.0 Å². The highest BCUT2D eigenvalue weighted by atomic mass is 16.6. The third-order valence-electron chi connectivity index (χ3n) is 13.5. The molecule has 1 spiro atoms. The van der Waals surface area contributed by atoms with Crippen LogP contribution in [0.1, 0.15) is 103 Å². The number of hydrogen-bond acceptors (Lipinski definition) is 9. The number of aliphatic hydroxyl groups is 1. The number of likely N-dealkylation sites (tertiary alicyclic amines) is 1. The highest BCUT2D eigenvalue weighted by Crippen LogP contribution is 2.65. The largest absolute Gasteiger partial charge is 0.483 e. The number of rotatable bonds is 14. The Bertz CT molecular complexity index is 2180. The summed E-state index contributed by atoms with van der Waals surface area (Å²) in [5.74, 6) is 1.23. The number of methoxy groups -OCH3 is 1. The Morgan fingerprint density at radius 2 is 1.62 bits per heavy atom. The lowest BCUT2D eigenvalue weighted by Gasteiger charge is -2.61. The number of nitrogens with zero attached hydrogens (tertiary/aromatic N) is 1. The Labute approximate surface area is 359 Å². The lowest BCUT2D eigenvalue weighted by molar-refractivity contribution is -0.162. The number of nitrogens with one attached hydrogen (secondary N) is 2. The van der Waals surface area contributed by atoms with Crippen LogP contribution in [0.25, 0.3) is 0 Å². The van der Waals surface area contributed by atoms with Crippen molar-refractivity contribution in [2.45, 2.75) is 109 Å². The van der Waals surface area contributed by atoms with E-state index >= 15 is 0 Å². The number of carbonyl (C=O) groups is 3. The van der Waals surface area contributed by atoms with Crippen molar-refractivity contribution in [3.63, 3.8) is 0 Å². The predicted octanol–water partition coefficient (Wildman–Crippen LogP) is 9.17. The molecular weight excluding hydrogens is 771 g/mol. The summed E-state index contributed by atoms with van der Waals surface area (Å²) in [7, 11) is 1.74. The highest BCUT2D eigenvalue weighted by Gasteiger charge is 2.68. The van der Waals surface area contributed by atoms with Crippen molar-refractivity contribution in [1.29, 1.82) is 0 Å². The summed E-state index contributed by atoms with van der Waals surface area (Å²) in [5, 5.41) is 17.2. The van der Waals surface area contributed by atoms with Crippen molar-refractivity contribution in [3.8, 4) is 11.5 Å². The SMILES string of the molecule is CC.CCCC[C@@H](O)[C@@H]1CC2[C@@H]3Cc4ccc(OC(=O)Nc5ccc(C(=O)Nc6ccc(C(=O)OCc7ccccc7)cc6)cc5)c5c4[C@]2(CCN3CC2CC2)[C@H](O5)[C@@H]1OC. The number of ether oxygens (including phenoxy) is 4. The molecule has 3 fully saturated rings. The minimum absolute atomic E-state index is 0.0479. The second-order valence-electron chi connectivity index (χ2n) is 17.1. The Kier molecular flexibility index (Phi) is 12.8. The van der Waals surface area contributed by atoms with Gasteiger partial charge in [-0.3, -0.25) is 15.0 Å². The van der Waals surface area contributed by atoms with E-state index < -0.39 is 18.2 Å². The van der Waals surface area contributed by atoms with Crippen molar-refractivity contribution in [1.82, 2.24) is 4.90 Å². The molecule has 322 valence electrons. The number of aliphatic hydroxyl groups excluding tert-OH is 1. The lowest BCUT2D eigenvalue weighted by atomic mass is 9.49. The third kappa shape index (κ3) is 8.52. The van der Waals surface area contributed by atoms with Gasteiger partial charge in [-0.2, -0.15) is 0 Å². The van der Waals surface area contributed by atoms with Gasteiger partial charge in [-0.15, -0.1) is 0 Å². The van der Waals surface area contributed by atoms with E-state index in [1.54, 1.807) is 55.6 Å². The maximum Gasteiger partial charge on any atom is 0.417 e. The molecule has 0 aromatic heterocycles. The quantitative estimate of drug-likeness (QED) is 0.106. The predicted molar refractivity (Wildman–Crippen MR) is 234 cm³/mol. The van der Waals surface area contributed by atoms with Crippen LogP contribution in [-0.4, -0.2) is 72.5 Å². The van der Waals surface area contributed by atoms with E-state index in [-0.39, 0.29) is 36.1 Å². The van der Waals surface area contributed by atoms with E-state index in [1.807, 2.05) is 50.2 Å². The molecule has 2 saturated carbocycles. The van der Waals surface area contributed by atoms with Gasteiger partial charge in [0.2, 0.25) is 0 Å². The van der Waals surface area contributed by atoms with E-state index in [2.05, 4.69) is 28.5 Å². The maximum absolute atomic E-state index is 13.5. The zero-order valence-corrected chi connectivity index (χ0v) is 35.7. The van der Waals surface area contributed by atoms with Gasteiger partial charge in [0.05, 0.1) is 11.7 Å². The molecule has 4 aromatic carbocycles. The molecule has 1 saturated heterocycles. The molecule has 3 aliphatic carbocycles. The summed E-state index contributed by atoms with van der Waals surface area (Å²) < 4.78 is 24.7. The summed E-state index contributed by atoms with van der Waals surface area (Å²) in [4.78, 5) is 41.8. The van der Waals surface area contributed by atoms with E-state index in [1.165, 1.54) is 18.4 Å². The van der Waals surface area contributed by atoms with Crippen LogP contribution in [0.5, 0.6) is 11.5 Å². The summed E-state index contributed by atoms with van der Waals surface area (Å²) in [6.45, 7) is 8.46. The molecule has 7 atom stereocenters. The second-order valence-corrected chi connectivity index (χ2v) is 17.1. The molecule has 11 nitrogen and oxygen atoms in total. The average Bonchev–Trinajstić information content (AvgIpc) is 4.04. The van der Waals surface area contributed by atoms with Crippen molar-refractivity contribution in [2.24, 2.45) is 17.8 Å². The third-order valence-corrected chi connectivity index (χ3v) is 13.5. The topological polar surface area (TPSA) is 136 Å². The van der Waals surface area contributed by atoms with Crippen molar-refractivity contribution >= 4 is 29.3 Å². The van der Waals surface area contributed by atoms with Crippen molar-refractivity contribution in [2.75, 3.05) is 30.8 Å². The number of anilines is 2. The van der Waals surface area contributed by atoms with E-state index in [4.69, 9.17) is 18.9 Å². The maximum atomic E-state index is 13.5. The monoisotopic (exact) mass is 829 g/mol. The smallest absolute Gasteiger partial charge is 0.417 e. The standard InChI is InChI=1S/C48H53N3O8.C2H6/c1-3-4-10-39(52)36-26-37-38-25-33-17-22-40(43-41(33)48(37,44(59-43)42(36)56-2)23-24-51(38)27-29-11-12-29)58-47(55)50-35-18-13-31(14-19-35)45(53)49-34-20-15-32(16-21-34)46(54)57-28-30-8-6-5-7-9-30;1-2/h5-9,13-22,29,36-39,42,44,52H,3-4,10-12,23-28H2,1-2H3,(H,49,53)(H,50,55);1-2H3/t36-,37?,38-,39+,42+,44+,48+;/m0./s1. The van der Waals surface area contributed by atoms with Gasteiger partial charge in [-0.05, 0) is 123 Å². The lowest BCUT2D eigenvalue weighted by Crippen LogP contribution is -2.69. The Morgan fingerprint density at radius 1 is 0.918 bits per heavy atom. The number of carbonyl (C=O) groups excluding carboxylic acids is 3. The Balaban J connectivity index is 0.00000253. The van der Waals surface area contributed by atoms with Gasteiger partial charge in [-0.25, -0.2) is 9.59 Å². The Morgan fingerprint density at radius 3 is 2.31 bits per heavy atom. The minimum atomic E-state index is -0.669. The zero-order valence-electron chi connectivity index (χ0n) is 35.7. The minimum Gasteiger partial charge on any atom is -0.483 e. The first-order chi connectivity index (χ1) is 29.7. The van der Waals surface area contributed by atoms with Gasteiger partial charge in [0, 0.05) is 53.5 Å². The molecule has 61 heavy (non-hydrogen) atoms. The van der Waals surface area contributed by atoms with Gasteiger partial charge < -0.3 is 29.4 Å². The van der Waals surface area contributed by atoms with Gasteiger partial charge in [-0.1, -0.05) is 70.0 Å². The summed E-state index contributed by atoms with van der Waals surface area (Å²) in [6, 6.07) is 26.8. The normalized spacial score (nSPS) is 24.8. The summed E-state index contributed by atoms with van der Waals surface area (Å²) in [5.41, 5.74) is 4.77. The van der Waals surface area contributed by atoms with Crippen LogP contribution < -0.4 is 20.1 Å². The van der Waals surface area contributed by atoms with Crippen LogP contribution >= 0.6 is 0 Å². The highest BCUT2D eigenvalue weighted by molar-refractivity contribution is 6.05. The molecule has 3 N–H and O–H groups in total. The Hall–Kier alpha value is -5.23. The molecule has 5 aliphatic rings. The van der Waals surface area contributed by atoms with Crippen LogP contribution in [0.15, 0.2) is 91.0 Å². The average molecular weight is 830 g/mol. The van der Waals surface area contributed by atoms with Crippen LogP contribution in [0, 0.1) is 17.8 Å². The molecule has 11 heteroatoms. The molecule has 0 radical (unpaired) electrons. The first-order valence-corrected chi connectivity index (χ1v) is 22.2. The molecule has 2 aliphatic heterocycles. The summed E-state index contributed by atoms with van der Waals surface area (Å²) >= 11 is 0. The van der Waals surface area contributed by atoms with Gasteiger partial charge in [0.1, 0.15) is 18.8 Å².